The van der Waals surface area contributed by atoms with Crippen molar-refractivity contribution in [3.63, 3.8) is 0 Å². The van der Waals surface area contributed by atoms with Crippen LogP contribution in [0.15, 0.2) is 58.0 Å². The summed E-state index contributed by atoms with van der Waals surface area (Å²) in [7, 11) is 1.43. The molecule has 0 saturated carbocycles. The van der Waals surface area contributed by atoms with Gasteiger partial charge >= 0.3 is 12.1 Å². The van der Waals surface area contributed by atoms with E-state index in [-0.39, 0.29) is 17.0 Å². The molecule has 3 N–H and O–H groups in total. The fraction of sp³-hybridized carbons (Fsp3) is 0.240. The van der Waals surface area contributed by atoms with E-state index in [1.54, 1.807) is 31.2 Å². The second-order valence-corrected chi connectivity index (χ2v) is 8.07. The lowest BCUT2D eigenvalue weighted by Gasteiger charge is -2.14. The van der Waals surface area contributed by atoms with E-state index < -0.39 is 23.6 Å². The van der Waals surface area contributed by atoms with Crippen LogP contribution in [0.2, 0.25) is 0 Å². The molecule has 1 aliphatic rings. The lowest BCUT2D eigenvalue weighted by atomic mass is 9.93. The predicted octanol–water partition coefficient (Wildman–Crippen LogP) is 4.84. The lowest BCUT2D eigenvalue weighted by Crippen LogP contribution is -2.41. The number of benzene rings is 2. The summed E-state index contributed by atoms with van der Waals surface area (Å²) in [4.78, 5) is 25.2. The summed E-state index contributed by atoms with van der Waals surface area (Å²) in [5.74, 6) is -0.320. The highest BCUT2D eigenvalue weighted by Gasteiger charge is 2.31. The van der Waals surface area contributed by atoms with Crippen molar-refractivity contribution in [2.24, 2.45) is 5.10 Å². The summed E-state index contributed by atoms with van der Waals surface area (Å²) >= 11 is 0. The number of para-hydroxylation sites is 1. The van der Waals surface area contributed by atoms with Gasteiger partial charge in [-0.15, -0.1) is 0 Å². The van der Waals surface area contributed by atoms with Crippen molar-refractivity contribution in [3.05, 3.63) is 82.3 Å². The zero-order valence-corrected chi connectivity index (χ0v) is 19.5. The zero-order valence-electron chi connectivity index (χ0n) is 19.5. The van der Waals surface area contributed by atoms with Gasteiger partial charge in [0.15, 0.2) is 5.76 Å². The monoisotopic (exact) mass is 500 g/mol. The van der Waals surface area contributed by atoms with Gasteiger partial charge in [0.25, 0.3) is 5.91 Å². The Morgan fingerprint density at radius 2 is 1.78 bits per heavy atom. The molecule has 0 bridgehead atoms. The first-order valence-corrected chi connectivity index (χ1v) is 11.0. The van der Waals surface area contributed by atoms with Gasteiger partial charge in [0.05, 0.1) is 29.6 Å². The highest BCUT2D eigenvalue weighted by Crippen LogP contribution is 2.32. The molecule has 0 aliphatic heterocycles. The summed E-state index contributed by atoms with van der Waals surface area (Å²) < 4.78 is 49.9. The molecule has 188 valence electrons. The van der Waals surface area contributed by atoms with Crippen molar-refractivity contribution in [2.45, 2.75) is 32.4 Å². The molecule has 1 heterocycles. The number of carbonyl (C=O) groups is 2. The molecule has 0 saturated heterocycles. The molecule has 8 nitrogen and oxygen atoms in total. The highest BCUT2D eigenvalue weighted by molar-refractivity contribution is 6.07. The van der Waals surface area contributed by atoms with Crippen LogP contribution < -0.4 is 21.0 Å². The number of methoxy groups -OCH3 is 1. The van der Waals surface area contributed by atoms with Crippen LogP contribution in [-0.2, 0) is 12.6 Å². The van der Waals surface area contributed by atoms with E-state index in [0.29, 0.717) is 47.6 Å². The van der Waals surface area contributed by atoms with Gasteiger partial charge < -0.3 is 9.15 Å². The van der Waals surface area contributed by atoms with Crippen LogP contribution in [0, 0.1) is 6.92 Å². The number of alkyl halides is 3. The number of hydrogen-bond acceptors (Lipinski definition) is 6. The topological polar surface area (TPSA) is 105 Å². The Labute approximate surface area is 204 Å². The summed E-state index contributed by atoms with van der Waals surface area (Å²) in [5, 5.41) is 4.31. The number of furan rings is 1. The Kier molecular flexibility index (Phi) is 7.00. The fourth-order valence-corrected chi connectivity index (χ4v) is 3.96. The van der Waals surface area contributed by atoms with E-state index in [2.05, 4.69) is 21.4 Å². The number of ether oxygens (including phenoxy) is 1. The van der Waals surface area contributed by atoms with Crippen LogP contribution in [0.1, 0.15) is 56.2 Å². The number of rotatable bonds is 5. The van der Waals surface area contributed by atoms with Crippen LogP contribution in [0.3, 0.4) is 0 Å². The summed E-state index contributed by atoms with van der Waals surface area (Å²) in [5.41, 5.74) is 8.70. The first kappa shape index (κ1) is 24.8. The standard InChI is InChI=1S/C25H23F3N4O4/c1-14-21-18(30-29-16-8-5-7-15(13-16)25(26,27)28)10-6-12-20(21)36-22(14)24(34)32-31-23(33)17-9-3-4-11-19(17)35-2/h3-5,7-9,11,13,29H,6,10,12H2,1-2H3,(H,31,33)(H,32,34)/b30-18+. The number of hydrazine groups is 1. The molecule has 3 aromatic rings. The van der Waals surface area contributed by atoms with Crippen molar-refractivity contribution in [1.29, 1.82) is 0 Å². The summed E-state index contributed by atoms with van der Waals surface area (Å²) in [6.45, 7) is 1.68. The van der Waals surface area contributed by atoms with E-state index in [0.717, 1.165) is 12.1 Å². The summed E-state index contributed by atoms with van der Waals surface area (Å²) in [6, 6.07) is 11.3. The smallest absolute Gasteiger partial charge is 0.416 e. The Morgan fingerprint density at radius 3 is 2.53 bits per heavy atom. The SMILES string of the molecule is COc1ccccc1C(=O)NNC(=O)c1oc2c(c1C)/C(=N/Nc1cccc(C(F)(F)F)c1)CCC2. The second kappa shape index (κ2) is 10.1. The third-order valence-corrected chi connectivity index (χ3v) is 5.68. The van der Waals surface area contributed by atoms with Gasteiger partial charge in [0.1, 0.15) is 11.5 Å². The van der Waals surface area contributed by atoms with Crippen molar-refractivity contribution in [3.8, 4) is 5.75 Å². The molecule has 4 rings (SSSR count). The number of nitrogens with one attached hydrogen (secondary N) is 3. The molecule has 0 unspecified atom stereocenters. The molecular weight excluding hydrogens is 477 g/mol. The molecule has 0 fully saturated rings. The van der Waals surface area contributed by atoms with Gasteiger partial charge in [-0.3, -0.25) is 25.9 Å². The zero-order chi connectivity index (χ0) is 25.9. The van der Waals surface area contributed by atoms with Crippen LogP contribution in [0.4, 0.5) is 18.9 Å². The van der Waals surface area contributed by atoms with E-state index in [1.165, 1.54) is 19.2 Å². The minimum absolute atomic E-state index is 0.00833. The number of anilines is 1. The van der Waals surface area contributed by atoms with Gasteiger partial charge in [-0.2, -0.15) is 18.3 Å². The predicted molar refractivity (Wildman–Crippen MR) is 126 cm³/mol. The van der Waals surface area contributed by atoms with Crippen LogP contribution in [-0.4, -0.2) is 24.6 Å². The number of halogens is 3. The van der Waals surface area contributed by atoms with E-state index in [1.807, 2.05) is 0 Å². The molecule has 11 heteroatoms. The molecule has 1 aliphatic carbocycles. The first-order chi connectivity index (χ1) is 17.2. The maximum atomic E-state index is 13.0. The quantitative estimate of drug-likeness (QED) is 0.435. The van der Waals surface area contributed by atoms with Gasteiger partial charge in [-0.25, -0.2) is 0 Å². The van der Waals surface area contributed by atoms with Gasteiger partial charge in [0.2, 0.25) is 0 Å². The van der Waals surface area contributed by atoms with Crippen molar-refractivity contribution >= 4 is 23.2 Å². The molecular formula is C25H23F3N4O4. The molecule has 0 radical (unpaired) electrons. The molecule has 2 aromatic carbocycles. The Morgan fingerprint density at radius 1 is 1.03 bits per heavy atom. The minimum atomic E-state index is -4.46. The number of nitrogens with zero attached hydrogens (tertiary/aromatic N) is 1. The van der Waals surface area contributed by atoms with Crippen LogP contribution in [0.5, 0.6) is 5.75 Å². The third kappa shape index (κ3) is 5.19. The minimum Gasteiger partial charge on any atom is -0.496 e. The molecule has 2 amide bonds. The van der Waals surface area contributed by atoms with Gasteiger partial charge in [0, 0.05) is 17.5 Å². The number of amides is 2. The molecule has 0 spiro atoms. The maximum Gasteiger partial charge on any atom is 0.416 e. The third-order valence-electron chi connectivity index (χ3n) is 5.68. The Balaban J connectivity index is 1.50. The maximum absolute atomic E-state index is 13.0. The lowest BCUT2D eigenvalue weighted by molar-refractivity contribution is -0.137. The second-order valence-electron chi connectivity index (χ2n) is 8.07. The molecule has 1 aromatic heterocycles. The number of hydrogen-bond donors (Lipinski definition) is 3. The number of hydrazone groups is 1. The largest absolute Gasteiger partial charge is 0.496 e. The summed E-state index contributed by atoms with van der Waals surface area (Å²) in [6.07, 6.45) is -2.66. The van der Waals surface area contributed by atoms with E-state index in [9.17, 15) is 22.8 Å². The van der Waals surface area contributed by atoms with E-state index in [4.69, 9.17) is 9.15 Å². The molecule has 36 heavy (non-hydrogen) atoms. The first-order valence-electron chi connectivity index (χ1n) is 11.0. The van der Waals surface area contributed by atoms with E-state index >= 15 is 0 Å². The van der Waals surface area contributed by atoms with Gasteiger partial charge in [-0.1, -0.05) is 18.2 Å². The van der Waals surface area contributed by atoms with Crippen LogP contribution in [0.25, 0.3) is 0 Å². The van der Waals surface area contributed by atoms with Crippen molar-refractivity contribution in [2.75, 3.05) is 12.5 Å². The number of aryl methyl sites for hydroxylation is 1. The average Bonchev–Trinajstić information content (AvgIpc) is 3.22. The molecule has 0 atom stereocenters. The van der Waals surface area contributed by atoms with Gasteiger partial charge in [-0.05, 0) is 50.1 Å². The number of fused-ring (bicyclic) bond motifs is 1. The van der Waals surface area contributed by atoms with Crippen molar-refractivity contribution in [1.82, 2.24) is 10.9 Å². The van der Waals surface area contributed by atoms with Crippen LogP contribution >= 0.6 is 0 Å². The highest BCUT2D eigenvalue weighted by atomic mass is 19.4. The Bertz CT molecular complexity index is 1330. The fourth-order valence-electron chi connectivity index (χ4n) is 3.96. The average molecular weight is 500 g/mol. The number of carbonyl (C=O) groups excluding carboxylic acids is 2. The Hall–Kier alpha value is -4.28. The normalized spacial score (nSPS) is 14.2. The van der Waals surface area contributed by atoms with Crippen molar-refractivity contribution < 1.29 is 31.9 Å².